The van der Waals surface area contributed by atoms with Gasteiger partial charge in [-0.3, -0.25) is 9.59 Å². The highest BCUT2D eigenvalue weighted by molar-refractivity contribution is 7.89. The highest BCUT2D eigenvalue weighted by Gasteiger charge is 2.30. The number of anilines is 1. The average Bonchev–Trinajstić information content (AvgIpc) is 3.31. The summed E-state index contributed by atoms with van der Waals surface area (Å²) in [5, 5.41) is 2.61. The predicted octanol–water partition coefficient (Wildman–Crippen LogP) is 2.56. The Morgan fingerprint density at radius 1 is 1.12 bits per heavy atom. The molecule has 3 aromatic rings. The van der Waals surface area contributed by atoms with Gasteiger partial charge in [0.05, 0.1) is 24.2 Å². The molecule has 0 radical (unpaired) electrons. The Labute approximate surface area is 186 Å². The van der Waals surface area contributed by atoms with Gasteiger partial charge in [0.15, 0.2) is 0 Å². The maximum absolute atomic E-state index is 13.5. The molecular weight excluding hydrogens is 430 g/mol. The maximum Gasteiger partial charge on any atom is 0.258 e. The molecule has 32 heavy (non-hydrogen) atoms. The summed E-state index contributed by atoms with van der Waals surface area (Å²) in [5.74, 6) is -0.114. The van der Waals surface area contributed by atoms with Gasteiger partial charge in [-0.25, -0.2) is 8.42 Å². The van der Waals surface area contributed by atoms with Crippen LogP contribution < -0.4 is 10.2 Å². The molecule has 166 valence electrons. The fourth-order valence-corrected chi connectivity index (χ4v) is 4.92. The molecule has 0 unspecified atom stereocenters. The van der Waals surface area contributed by atoms with Crippen LogP contribution in [0.2, 0.25) is 0 Å². The van der Waals surface area contributed by atoms with Crippen LogP contribution in [0.5, 0.6) is 0 Å². The van der Waals surface area contributed by atoms with Crippen molar-refractivity contribution < 1.29 is 22.4 Å². The van der Waals surface area contributed by atoms with Crippen LogP contribution in [-0.2, 0) is 21.4 Å². The molecular formula is C23H23N3O5S. The number of benzene rings is 2. The van der Waals surface area contributed by atoms with Crippen LogP contribution in [0.4, 0.5) is 5.69 Å². The fraction of sp³-hybridized carbons (Fsp3) is 0.217. The lowest BCUT2D eigenvalue weighted by molar-refractivity contribution is -0.122. The molecule has 2 amide bonds. The SMILES string of the molecule is Cc1ccc(N(Cc2ccco2)C(=O)c2cccc(S(=O)(=O)N3CCNC(=O)C3)c2)cc1. The minimum atomic E-state index is -3.91. The van der Waals surface area contributed by atoms with E-state index in [2.05, 4.69) is 5.32 Å². The van der Waals surface area contributed by atoms with Gasteiger partial charge in [0.2, 0.25) is 15.9 Å². The molecule has 0 atom stereocenters. The normalized spacial score (nSPS) is 14.7. The van der Waals surface area contributed by atoms with Crippen molar-refractivity contribution >= 4 is 27.5 Å². The van der Waals surface area contributed by atoms with Crippen LogP contribution in [0.3, 0.4) is 0 Å². The van der Waals surface area contributed by atoms with Gasteiger partial charge in [-0.15, -0.1) is 0 Å². The summed E-state index contributed by atoms with van der Waals surface area (Å²) in [4.78, 5) is 26.6. The summed E-state index contributed by atoms with van der Waals surface area (Å²) < 4.78 is 32.6. The Kier molecular flexibility index (Phi) is 6.11. The van der Waals surface area contributed by atoms with Gasteiger partial charge in [-0.05, 0) is 49.4 Å². The molecule has 1 aliphatic heterocycles. The first-order valence-electron chi connectivity index (χ1n) is 10.1. The number of carbonyl (C=O) groups is 2. The second-order valence-electron chi connectivity index (χ2n) is 7.52. The fourth-order valence-electron chi connectivity index (χ4n) is 3.48. The van der Waals surface area contributed by atoms with Crippen molar-refractivity contribution in [1.29, 1.82) is 0 Å². The van der Waals surface area contributed by atoms with E-state index in [1.165, 1.54) is 24.5 Å². The summed E-state index contributed by atoms with van der Waals surface area (Å²) in [6.07, 6.45) is 1.54. The second kappa shape index (κ2) is 8.97. The van der Waals surface area contributed by atoms with E-state index in [9.17, 15) is 18.0 Å². The molecule has 1 aliphatic rings. The van der Waals surface area contributed by atoms with Gasteiger partial charge in [-0.2, -0.15) is 4.31 Å². The molecule has 0 aliphatic carbocycles. The number of rotatable bonds is 6. The molecule has 9 heteroatoms. The lowest BCUT2D eigenvalue weighted by atomic mass is 10.1. The van der Waals surface area contributed by atoms with Gasteiger partial charge in [0, 0.05) is 24.3 Å². The van der Waals surface area contributed by atoms with E-state index in [1.807, 2.05) is 31.2 Å². The summed E-state index contributed by atoms with van der Waals surface area (Å²) >= 11 is 0. The van der Waals surface area contributed by atoms with Crippen molar-refractivity contribution in [3.05, 3.63) is 83.8 Å². The molecule has 0 saturated carbocycles. The van der Waals surface area contributed by atoms with Crippen molar-refractivity contribution in [3.8, 4) is 0 Å². The third-order valence-corrected chi connectivity index (χ3v) is 7.05. The van der Waals surface area contributed by atoms with Crippen LogP contribution in [0, 0.1) is 6.92 Å². The average molecular weight is 454 g/mol. The lowest BCUT2D eigenvalue weighted by Gasteiger charge is -2.26. The zero-order valence-electron chi connectivity index (χ0n) is 17.5. The molecule has 2 aromatic carbocycles. The van der Waals surface area contributed by atoms with Gasteiger partial charge >= 0.3 is 0 Å². The Morgan fingerprint density at radius 2 is 1.91 bits per heavy atom. The van der Waals surface area contributed by atoms with Crippen molar-refractivity contribution in [1.82, 2.24) is 9.62 Å². The molecule has 1 saturated heterocycles. The number of hydrogen-bond acceptors (Lipinski definition) is 5. The first-order valence-corrected chi connectivity index (χ1v) is 11.6. The number of carbonyl (C=O) groups excluding carboxylic acids is 2. The van der Waals surface area contributed by atoms with Crippen LogP contribution >= 0.6 is 0 Å². The lowest BCUT2D eigenvalue weighted by Crippen LogP contribution is -2.49. The molecule has 8 nitrogen and oxygen atoms in total. The van der Waals surface area contributed by atoms with Crippen molar-refractivity contribution in [3.63, 3.8) is 0 Å². The highest BCUT2D eigenvalue weighted by atomic mass is 32.2. The number of nitrogens with zero attached hydrogens (tertiary/aromatic N) is 2. The largest absolute Gasteiger partial charge is 0.467 e. The maximum atomic E-state index is 13.5. The predicted molar refractivity (Wildman–Crippen MR) is 119 cm³/mol. The summed E-state index contributed by atoms with van der Waals surface area (Å²) in [7, 11) is -3.91. The minimum absolute atomic E-state index is 0.0279. The van der Waals surface area contributed by atoms with Gasteiger partial charge in [0.1, 0.15) is 5.76 Å². The summed E-state index contributed by atoms with van der Waals surface area (Å²) in [6, 6.07) is 16.9. The number of nitrogens with one attached hydrogen (secondary N) is 1. The molecule has 1 aromatic heterocycles. The van der Waals surface area contributed by atoms with Crippen LogP contribution in [0.1, 0.15) is 21.7 Å². The standard InChI is InChI=1S/C23H23N3O5S/c1-17-7-9-19(10-8-17)26(15-20-5-3-13-31-20)23(28)18-4-2-6-21(14-18)32(29,30)25-12-11-24-22(27)16-25/h2-10,13-14H,11-12,15-16H2,1H3,(H,24,27). The van der Waals surface area contributed by atoms with Crippen molar-refractivity contribution in [2.24, 2.45) is 0 Å². The first-order chi connectivity index (χ1) is 15.3. The molecule has 2 heterocycles. The quantitative estimate of drug-likeness (QED) is 0.618. The second-order valence-corrected chi connectivity index (χ2v) is 9.46. The van der Waals surface area contributed by atoms with Gasteiger partial charge in [-0.1, -0.05) is 23.8 Å². The summed E-state index contributed by atoms with van der Waals surface area (Å²) in [5.41, 5.74) is 1.94. The third-order valence-electron chi connectivity index (χ3n) is 5.21. The van der Waals surface area contributed by atoms with Crippen molar-refractivity contribution in [2.75, 3.05) is 24.5 Å². The van der Waals surface area contributed by atoms with Crippen molar-refractivity contribution in [2.45, 2.75) is 18.4 Å². The number of aryl methyl sites for hydroxylation is 1. The van der Waals surface area contributed by atoms with E-state index in [0.717, 1.165) is 9.87 Å². The molecule has 0 spiro atoms. The molecule has 0 bridgehead atoms. The van der Waals surface area contributed by atoms with Crippen LogP contribution in [0.25, 0.3) is 0 Å². The Bertz CT molecular complexity index is 1220. The number of furan rings is 1. The van der Waals surface area contributed by atoms with E-state index in [0.29, 0.717) is 11.4 Å². The van der Waals surface area contributed by atoms with E-state index in [-0.39, 0.29) is 48.5 Å². The minimum Gasteiger partial charge on any atom is -0.467 e. The van der Waals surface area contributed by atoms with Crippen LogP contribution in [0.15, 0.2) is 76.2 Å². The topological polar surface area (TPSA) is 99.9 Å². The first kappa shape index (κ1) is 21.8. The Morgan fingerprint density at radius 3 is 2.59 bits per heavy atom. The third kappa shape index (κ3) is 4.58. The zero-order valence-corrected chi connectivity index (χ0v) is 18.3. The molecule has 1 N–H and O–H groups in total. The Balaban J connectivity index is 1.67. The van der Waals surface area contributed by atoms with E-state index < -0.39 is 10.0 Å². The highest BCUT2D eigenvalue weighted by Crippen LogP contribution is 2.24. The van der Waals surface area contributed by atoms with E-state index >= 15 is 0 Å². The van der Waals surface area contributed by atoms with Gasteiger partial charge < -0.3 is 14.6 Å². The van der Waals surface area contributed by atoms with E-state index in [1.54, 1.807) is 23.1 Å². The number of sulfonamides is 1. The smallest absolute Gasteiger partial charge is 0.258 e. The monoisotopic (exact) mass is 453 g/mol. The summed E-state index contributed by atoms with van der Waals surface area (Å²) in [6.45, 7) is 2.34. The Hall–Kier alpha value is -3.43. The molecule has 4 rings (SSSR count). The van der Waals surface area contributed by atoms with Crippen LogP contribution in [-0.4, -0.2) is 44.2 Å². The van der Waals surface area contributed by atoms with Gasteiger partial charge in [0.25, 0.3) is 5.91 Å². The van der Waals surface area contributed by atoms with E-state index in [4.69, 9.17) is 4.42 Å². The number of piperazine rings is 1. The zero-order chi connectivity index (χ0) is 22.7. The number of amides is 2. The number of hydrogen-bond donors (Lipinski definition) is 1. The molecule has 1 fully saturated rings.